The molecule has 6 heteroatoms. The molecule has 2 aromatic heterocycles. The van der Waals surface area contributed by atoms with Crippen molar-refractivity contribution in [3.05, 3.63) is 223 Å². The summed E-state index contributed by atoms with van der Waals surface area (Å²) in [4.78, 5) is 4.16. The van der Waals surface area contributed by atoms with Crippen molar-refractivity contribution in [1.29, 1.82) is 0 Å². The van der Waals surface area contributed by atoms with Crippen molar-refractivity contribution < 1.29 is 13.2 Å². The number of nitrogens with zero attached hydrogens (tertiary/aromatic N) is 3. The zero-order chi connectivity index (χ0) is 42.8. The lowest BCUT2D eigenvalue weighted by Crippen LogP contribution is -2.10. The van der Waals surface area contributed by atoms with E-state index in [1.54, 1.807) is 25.1 Å². The third kappa shape index (κ3) is 6.12. The largest absolute Gasteiger partial charge is 0.417 e. The molecule has 0 saturated carbocycles. The number of benzene rings is 9. The lowest BCUT2D eigenvalue weighted by Gasteiger charge is -2.25. The standard InChI is InChI=1S/C57H36F3N3/c1-36-16-13-24-46(57(58,59)60)54(36)43-23-14-28-52(62-48-26-11-9-21-41(48)44-34-39(30-32-50(44)62)37-17-5-3-6-18-37)55(43)56-47(61-2)25-15-29-53(56)63-49-27-12-10-22-42(49)45-35-40(31-33-51(45)63)38-19-7-4-8-20-38/h3-35H,1H3. The molecule has 0 N–H and O–H groups in total. The van der Waals surface area contributed by atoms with E-state index in [2.05, 4.69) is 98.9 Å². The van der Waals surface area contributed by atoms with Crippen molar-refractivity contribution in [3.63, 3.8) is 0 Å². The first kappa shape index (κ1) is 37.8. The van der Waals surface area contributed by atoms with E-state index in [9.17, 15) is 0 Å². The number of para-hydroxylation sites is 2. The van der Waals surface area contributed by atoms with Crippen molar-refractivity contribution >= 4 is 49.3 Å². The molecule has 11 aromatic rings. The molecular weight excluding hydrogens is 784 g/mol. The maximum Gasteiger partial charge on any atom is 0.417 e. The molecule has 2 heterocycles. The highest BCUT2D eigenvalue weighted by molar-refractivity contribution is 6.14. The summed E-state index contributed by atoms with van der Waals surface area (Å²) >= 11 is 0. The number of halogens is 3. The first-order valence-corrected chi connectivity index (χ1v) is 20.8. The van der Waals surface area contributed by atoms with Gasteiger partial charge in [-0.05, 0) is 100 Å². The number of hydrogen-bond donors (Lipinski definition) is 0. The van der Waals surface area contributed by atoms with Crippen LogP contribution in [0.5, 0.6) is 0 Å². The van der Waals surface area contributed by atoms with Gasteiger partial charge in [0.25, 0.3) is 0 Å². The third-order valence-corrected chi connectivity index (χ3v) is 12.3. The quantitative estimate of drug-likeness (QED) is 0.148. The summed E-state index contributed by atoms with van der Waals surface area (Å²) in [6, 6.07) is 65.2. The minimum absolute atomic E-state index is 0.0782. The Morgan fingerprint density at radius 1 is 0.413 bits per heavy atom. The molecule has 3 nitrogen and oxygen atoms in total. The molecular formula is C57H36F3N3. The first-order chi connectivity index (χ1) is 30.8. The van der Waals surface area contributed by atoms with E-state index in [1.807, 2.05) is 84.9 Å². The van der Waals surface area contributed by atoms with Gasteiger partial charge in [0.1, 0.15) is 0 Å². The van der Waals surface area contributed by atoms with Gasteiger partial charge in [-0.3, -0.25) is 0 Å². The summed E-state index contributed by atoms with van der Waals surface area (Å²) in [6.45, 7) is 10.4. The molecule has 0 unspecified atom stereocenters. The van der Waals surface area contributed by atoms with E-state index in [4.69, 9.17) is 6.57 Å². The minimum Gasteiger partial charge on any atom is -0.310 e. The van der Waals surface area contributed by atoms with Gasteiger partial charge >= 0.3 is 6.18 Å². The molecule has 300 valence electrons. The summed E-state index contributed by atoms with van der Waals surface area (Å²) in [5.74, 6) is 0. The van der Waals surface area contributed by atoms with Gasteiger partial charge in [-0.25, -0.2) is 4.85 Å². The van der Waals surface area contributed by atoms with Crippen LogP contribution in [0.2, 0.25) is 0 Å². The molecule has 0 bridgehead atoms. The zero-order valence-corrected chi connectivity index (χ0v) is 34.0. The summed E-state index contributed by atoms with van der Waals surface area (Å²) in [6.07, 6.45) is -4.65. The van der Waals surface area contributed by atoms with E-state index in [1.165, 1.54) is 6.07 Å². The minimum atomic E-state index is -4.65. The lowest BCUT2D eigenvalue weighted by molar-refractivity contribution is -0.137. The Balaban J connectivity index is 1.29. The highest BCUT2D eigenvalue weighted by Crippen LogP contribution is 2.51. The van der Waals surface area contributed by atoms with E-state index in [0.717, 1.165) is 71.9 Å². The number of rotatable bonds is 6. The van der Waals surface area contributed by atoms with Crippen molar-refractivity contribution in [1.82, 2.24) is 9.13 Å². The fourth-order valence-corrected chi connectivity index (χ4v) is 9.61. The molecule has 0 aliphatic carbocycles. The van der Waals surface area contributed by atoms with Crippen LogP contribution in [0.1, 0.15) is 11.1 Å². The van der Waals surface area contributed by atoms with Gasteiger partial charge in [-0.15, -0.1) is 0 Å². The molecule has 11 rings (SSSR count). The zero-order valence-electron chi connectivity index (χ0n) is 34.0. The number of hydrogen-bond acceptors (Lipinski definition) is 0. The Kier molecular flexibility index (Phi) is 8.88. The smallest absolute Gasteiger partial charge is 0.310 e. The Labute approximate surface area is 362 Å². The molecule has 0 spiro atoms. The lowest BCUT2D eigenvalue weighted by atomic mass is 9.86. The van der Waals surface area contributed by atoms with Gasteiger partial charge < -0.3 is 9.13 Å². The Bertz CT molecular complexity index is 3630. The normalized spacial score (nSPS) is 11.8. The van der Waals surface area contributed by atoms with Crippen LogP contribution in [0.25, 0.3) is 104 Å². The van der Waals surface area contributed by atoms with Crippen molar-refractivity contribution in [3.8, 4) is 55.9 Å². The molecule has 63 heavy (non-hydrogen) atoms. The Morgan fingerprint density at radius 2 is 0.889 bits per heavy atom. The highest BCUT2D eigenvalue weighted by atomic mass is 19.4. The van der Waals surface area contributed by atoms with Gasteiger partial charge in [-0.2, -0.15) is 13.2 Å². The summed E-state index contributed by atoms with van der Waals surface area (Å²) in [5, 5.41) is 4.05. The molecule has 0 aliphatic heterocycles. The average Bonchev–Trinajstić information content (AvgIpc) is 3.83. The van der Waals surface area contributed by atoms with Crippen molar-refractivity contribution in [2.75, 3.05) is 0 Å². The number of aromatic nitrogens is 2. The van der Waals surface area contributed by atoms with E-state index in [0.29, 0.717) is 39.3 Å². The van der Waals surface area contributed by atoms with Crippen molar-refractivity contribution in [2.24, 2.45) is 0 Å². The van der Waals surface area contributed by atoms with Crippen molar-refractivity contribution in [2.45, 2.75) is 13.1 Å². The summed E-state index contributed by atoms with van der Waals surface area (Å²) in [7, 11) is 0. The molecule has 0 aliphatic rings. The van der Waals surface area contributed by atoms with Crippen LogP contribution >= 0.6 is 0 Å². The second-order valence-electron chi connectivity index (χ2n) is 15.9. The fraction of sp³-hybridized carbons (Fsp3) is 0.0351. The maximum absolute atomic E-state index is 15.3. The second kappa shape index (κ2) is 14.8. The van der Waals surface area contributed by atoms with Crippen LogP contribution in [0.4, 0.5) is 18.9 Å². The SMILES string of the molecule is [C-]#[N+]c1cccc(-n2c3ccccc3c3cc(-c4ccccc4)ccc32)c1-c1c(-c2c(C)cccc2C(F)(F)F)cccc1-n1c2ccccc2c2cc(-c3ccccc3)ccc21. The molecule has 0 fully saturated rings. The predicted molar refractivity (Wildman–Crippen MR) is 253 cm³/mol. The number of aryl methyl sites for hydroxylation is 1. The highest BCUT2D eigenvalue weighted by Gasteiger charge is 2.36. The van der Waals surface area contributed by atoms with E-state index in [-0.39, 0.29) is 5.56 Å². The second-order valence-corrected chi connectivity index (χ2v) is 15.9. The van der Waals surface area contributed by atoms with Crippen LogP contribution in [0.3, 0.4) is 0 Å². The molecule has 0 atom stereocenters. The van der Waals surface area contributed by atoms with Gasteiger partial charge in [0, 0.05) is 38.4 Å². The van der Waals surface area contributed by atoms with E-state index < -0.39 is 11.7 Å². The van der Waals surface area contributed by atoms with Gasteiger partial charge in [0.2, 0.25) is 0 Å². The monoisotopic (exact) mass is 819 g/mol. The first-order valence-electron chi connectivity index (χ1n) is 20.8. The number of alkyl halides is 3. The van der Waals surface area contributed by atoms with Crippen LogP contribution in [0.15, 0.2) is 200 Å². The summed E-state index contributed by atoms with van der Waals surface area (Å²) in [5.41, 5.74) is 10.8. The van der Waals surface area contributed by atoms with Gasteiger partial charge in [0.15, 0.2) is 5.69 Å². The van der Waals surface area contributed by atoms with Crippen LogP contribution in [0, 0.1) is 13.5 Å². The molecule has 0 amide bonds. The Morgan fingerprint density at radius 3 is 1.43 bits per heavy atom. The van der Waals surface area contributed by atoms with Gasteiger partial charge in [-0.1, -0.05) is 146 Å². The molecule has 0 radical (unpaired) electrons. The average molecular weight is 820 g/mol. The topological polar surface area (TPSA) is 14.2 Å². The van der Waals surface area contributed by atoms with E-state index >= 15 is 13.2 Å². The predicted octanol–water partition coefficient (Wildman–Crippen LogP) is 16.4. The van der Waals surface area contributed by atoms with Crippen LogP contribution in [-0.2, 0) is 6.18 Å². The van der Waals surface area contributed by atoms with Crippen LogP contribution < -0.4 is 0 Å². The molecule has 9 aromatic carbocycles. The van der Waals surface area contributed by atoms with Gasteiger partial charge in [0.05, 0.1) is 39.9 Å². The maximum atomic E-state index is 15.3. The number of fused-ring (bicyclic) bond motifs is 6. The molecule has 0 saturated heterocycles. The summed E-state index contributed by atoms with van der Waals surface area (Å²) < 4.78 is 50.3. The third-order valence-electron chi connectivity index (χ3n) is 12.3. The Hall–Kier alpha value is -8.14. The van der Waals surface area contributed by atoms with Crippen LogP contribution in [-0.4, -0.2) is 9.13 Å². The fourth-order valence-electron chi connectivity index (χ4n) is 9.61.